The Balaban J connectivity index is 1.51. The topological polar surface area (TPSA) is 135 Å². The molecule has 198 valence electrons. The number of aromatic amines is 1. The largest absolute Gasteiger partial charge is 0.455 e. The summed E-state index contributed by atoms with van der Waals surface area (Å²) in [7, 11) is -2.30. The van der Waals surface area contributed by atoms with Crippen molar-refractivity contribution >= 4 is 59.7 Å². The summed E-state index contributed by atoms with van der Waals surface area (Å²) in [5.41, 5.74) is 3.09. The summed E-state index contributed by atoms with van der Waals surface area (Å²) in [6.07, 6.45) is 2.57. The number of oxazole rings is 1. The normalized spacial score (nSPS) is 12.2. The van der Waals surface area contributed by atoms with Crippen LogP contribution in [0.3, 0.4) is 0 Å². The summed E-state index contributed by atoms with van der Waals surface area (Å²) in [5, 5.41) is 9.57. The molecule has 7 aromatic rings. The van der Waals surface area contributed by atoms with E-state index in [0.29, 0.717) is 44.6 Å². The third-order valence-corrected chi connectivity index (χ3v) is 8.01. The fourth-order valence-corrected chi connectivity index (χ4v) is 5.31. The van der Waals surface area contributed by atoms with Gasteiger partial charge in [0, 0.05) is 29.4 Å². The monoisotopic (exact) mass is 555 g/mol. The van der Waals surface area contributed by atoms with Crippen molar-refractivity contribution in [1.29, 1.82) is 0 Å². The van der Waals surface area contributed by atoms with Gasteiger partial charge in [-0.2, -0.15) is 10.2 Å². The van der Waals surface area contributed by atoms with Crippen LogP contribution in [0.4, 0.5) is 10.1 Å². The maximum Gasteiger partial charge on any atom is 0.260 e. The van der Waals surface area contributed by atoms with E-state index in [1.54, 1.807) is 18.2 Å². The first-order valence-electron chi connectivity index (χ1n) is 12.0. The average Bonchev–Trinajstić information content (AvgIpc) is 3.53. The van der Waals surface area contributed by atoms with Gasteiger partial charge in [-0.1, -0.05) is 12.1 Å². The summed E-state index contributed by atoms with van der Waals surface area (Å²) in [6, 6.07) is 16.2. The lowest BCUT2D eigenvalue weighted by atomic mass is 10.0. The van der Waals surface area contributed by atoms with E-state index in [1.165, 1.54) is 37.5 Å². The Morgan fingerprint density at radius 3 is 2.60 bits per heavy atom. The predicted molar refractivity (Wildman–Crippen MR) is 149 cm³/mol. The number of hydrogen-bond acceptors (Lipinski definition) is 8. The standard InChI is InChI=1S/C28H18FN5O5S/c1-34(40(2,36)37)22-12-24-18(25-26(38-24)16-8-7-15(29)10-20(16)31-27(25)35)11-17(22)21-9-14(13-30-33-21)28-32-19-5-3-4-6-23(19)39-28/h3-13H,1-2H3,(H,31,35). The van der Waals surface area contributed by atoms with Crippen molar-refractivity contribution < 1.29 is 21.6 Å². The Morgan fingerprint density at radius 1 is 0.975 bits per heavy atom. The average molecular weight is 556 g/mol. The second-order valence-electron chi connectivity index (χ2n) is 9.36. The molecule has 0 saturated heterocycles. The van der Waals surface area contributed by atoms with E-state index in [4.69, 9.17) is 8.83 Å². The molecule has 0 aliphatic heterocycles. The van der Waals surface area contributed by atoms with Gasteiger partial charge >= 0.3 is 0 Å². The number of H-pyrrole nitrogens is 1. The zero-order valence-corrected chi connectivity index (χ0v) is 21.8. The smallest absolute Gasteiger partial charge is 0.260 e. The lowest BCUT2D eigenvalue weighted by Crippen LogP contribution is -2.25. The second-order valence-corrected chi connectivity index (χ2v) is 11.4. The van der Waals surface area contributed by atoms with E-state index < -0.39 is 21.4 Å². The number of sulfonamides is 1. The molecule has 0 bridgehead atoms. The van der Waals surface area contributed by atoms with E-state index in [9.17, 15) is 17.6 Å². The molecule has 0 spiro atoms. The number of halogens is 1. The first kappa shape index (κ1) is 24.0. The van der Waals surface area contributed by atoms with E-state index in [2.05, 4.69) is 20.2 Å². The number of aromatic nitrogens is 4. The van der Waals surface area contributed by atoms with Crippen LogP contribution < -0.4 is 9.86 Å². The molecule has 4 aromatic heterocycles. The first-order valence-corrected chi connectivity index (χ1v) is 13.9. The number of furan rings is 1. The fourth-order valence-electron chi connectivity index (χ4n) is 4.81. The highest BCUT2D eigenvalue weighted by molar-refractivity contribution is 7.92. The molecule has 0 radical (unpaired) electrons. The van der Waals surface area contributed by atoms with Crippen molar-refractivity contribution in [2.45, 2.75) is 0 Å². The van der Waals surface area contributed by atoms with Crippen molar-refractivity contribution in [3.05, 3.63) is 83.0 Å². The van der Waals surface area contributed by atoms with Crippen LogP contribution in [0, 0.1) is 5.82 Å². The summed E-state index contributed by atoms with van der Waals surface area (Å²) in [5.74, 6) is -0.185. The van der Waals surface area contributed by atoms with Crippen molar-refractivity contribution in [3.63, 3.8) is 0 Å². The van der Waals surface area contributed by atoms with Crippen LogP contribution in [0.15, 0.2) is 80.5 Å². The highest BCUT2D eigenvalue weighted by atomic mass is 32.2. The zero-order valence-electron chi connectivity index (χ0n) is 21.0. The van der Waals surface area contributed by atoms with Gasteiger partial charge in [-0.15, -0.1) is 0 Å². The predicted octanol–water partition coefficient (Wildman–Crippen LogP) is 5.23. The van der Waals surface area contributed by atoms with Gasteiger partial charge in [-0.3, -0.25) is 9.10 Å². The molecule has 4 heterocycles. The molecule has 0 unspecified atom stereocenters. The Kier molecular flexibility index (Phi) is 5.06. The summed E-state index contributed by atoms with van der Waals surface area (Å²) in [6.45, 7) is 0. The molecule has 40 heavy (non-hydrogen) atoms. The number of nitrogens with one attached hydrogen (secondary N) is 1. The first-order chi connectivity index (χ1) is 19.2. The molecule has 0 amide bonds. The van der Waals surface area contributed by atoms with Crippen LogP contribution in [0.1, 0.15) is 0 Å². The van der Waals surface area contributed by atoms with Gasteiger partial charge in [0.15, 0.2) is 5.58 Å². The minimum absolute atomic E-state index is 0.243. The van der Waals surface area contributed by atoms with Crippen LogP contribution >= 0.6 is 0 Å². The molecule has 0 aliphatic rings. The quantitative estimate of drug-likeness (QED) is 0.312. The van der Waals surface area contributed by atoms with Crippen molar-refractivity contribution in [2.24, 2.45) is 0 Å². The number of nitrogens with zero attached hydrogens (tertiary/aromatic N) is 4. The minimum Gasteiger partial charge on any atom is -0.455 e. The number of anilines is 1. The number of hydrogen-bond donors (Lipinski definition) is 1. The molecule has 10 nitrogen and oxygen atoms in total. The number of fused-ring (bicyclic) bond motifs is 6. The maximum absolute atomic E-state index is 13.8. The van der Waals surface area contributed by atoms with Gasteiger partial charge in [0.2, 0.25) is 15.9 Å². The van der Waals surface area contributed by atoms with E-state index in [-0.39, 0.29) is 27.8 Å². The summed E-state index contributed by atoms with van der Waals surface area (Å²) < 4.78 is 52.1. The van der Waals surface area contributed by atoms with Crippen LogP contribution in [0.25, 0.3) is 66.7 Å². The molecule has 0 saturated carbocycles. The Morgan fingerprint density at radius 2 is 1.80 bits per heavy atom. The number of benzene rings is 3. The lowest BCUT2D eigenvalue weighted by molar-refractivity contribution is 0.600. The van der Waals surface area contributed by atoms with Gasteiger partial charge in [0.05, 0.1) is 40.3 Å². The van der Waals surface area contributed by atoms with E-state index in [0.717, 1.165) is 10.6 Å². The zero-order chi connectivity index (χ0) is 27.8. The van der Waals surface area contributed by atoms with Gasteiger partial charge < -0.3 is 13.8 Å². The highest BCUT2D eigenvalue weighted by Gasteiger charge is 2.24. The second kappa shape index (κ2) is 8.45. The number of rotatable bonds is 4. The maximum atomic E-state index is 13.8. The third-order valence-electron chi connectivity index (χ3n) is 6.82. The van der Waals surface area contributed by atoms with Crippen LogP contribution in [-0.2, 0) is 10.0 Å². The molecule has 0 fully saturated rings. The van der Waals surface area contributed by atoms with E-state index in [1.807, 2.05) is 18.2 Å². The molecule has 0 atom stereocenters. The van der Waals surface area contributed by atoms with Crippen LogP contribution in [-0.4, -0.2) is 41.9 Å². The number of para-hydroxylation sites is 2. The Bertz CT molecular complexity index is 2290. The highest BCUT2D eigenvalue weighted by Crippen LogP contribution is 2.40. The van der Waals surface area contributed by atoms with Gasteiger partial charge in [-0.25, -0.2) is 17.8 Å². The van der Waals surface area contributed by atoms with Crippen LogP contribution in [0.5, 0.6) is 0 Å². The lowest BCUT2D eigenvalue weighted by Gasteiger charge is -2.20. The summed E-state index contributed by atoms with van der Waals surface area (Å²) >= 11 is 0. The van der Waals surface area contributed by atoms with Crippen molar-refractivity contribution in [3.8, 4) is 22.7 Å². The van der Waals surface area contributed by atoms with Crippen molar-refractivity contribution in [1.82, 2.24) is 20.2 Å². The minimum atomic E-state index is -3.71. The molecule has 0 aliphatic carbocycles. The number of pyridine rings is 1. The SMILES string of the molecule is CN(c1cc2oc3c4ccc(F)cc4[nH]c(=O)c3c2cc1-c1cc(-c2nc3ccccc3o2)cnn1)S(C)(=O)=O. The molecular formula is C28H18FN5O5S. The Labute approximate surface area is 224 Å². The van der Waals surface area contributed by atoms with Gasteiger partial charge in [-0.05, 0) is 42.5 Å². The molecule has 3 aromatic carbocycles. The molecule has 7 rings (SSSR count). The Hall–Kier alpha value is -5.10. The van der Waals surface area contributed by atoms with Crippen LogP contribution in [0.2, 0.25) is 0 Å². The summed E-state index contributed by atoms with van der Waals surface area (Å²) in [4.78, 5) is 20.4. The van der Waals surface area contributed by atoms with Gasteiger partial charge in [0.1, 0.15) is 22.5 Å². The molecule has 12 heteroatoms. The van der Waals surface area contributed by atoms with Crippen molar-refractivity contribution in [2.75, 3.05) is 17.6 Å². The third kappa shape index (κ3) is 3.72. The van der Waals surface area contributed by atoms with Gasteiger partial charge in [0.25, 0.3) is 5.56 Å². The fraction of sp³-hybridized carbons (Fsp3) is 0.0714. The molecule has 1 N–H and O–H groups in total. The molecular weight excluding hydrogens is 537 g/mol. The van der Waals surface area contributed by atoms with E-state index >= 15 is 0 Å².